The van der Waals surface area contributed by atoms with Gasteiger partial charge in [-0.1, -0.05) is 54.6 Å². The third kappa shape index (κ3) is 6.58. The fourth-order valence-corrected chi connectivity index (χ4v) is 3.69. The fraction of sp³-hybridized carbons (Fsp3) is 0.269. The second kappa shape index (κ2) is 11.0. The van der Waals surface area contributed by atoms with Crippen molar-refractivity contribution in [1.29, 1.82) is 0 Å². The summed E-state index contributed by atoms with van der Waals surface area (Å²) in [5, 5.41) is 6.15. The lowest BCUT2D eigenvalue weighted by molar-refractivity contribution is -0.137. The maximum absolute atomic E-state index is 12.9. The molecule has 0 saturated carbocycles. The van der Waals surface area contributed by atoms with E-state index in [1.807, 2.05) is 54.6 Å². The number of amides is 1. The Morgan fingerprint density at radius 1 is 0.939 bits per heavy atom. The molecule has 3 aromatic carbocycles. The highest BCUT2D eigenvalue weighted by molar-refractivity contribution is 5.83. The molecule has 0 spiro atoms. The maximum Gasteiger partial charge on any atom is 0.416 e. The smallest absolute Gasteiger partial charge is 0.416 e. The molecule has 3 rings (SSSR count). The number of benzene rings is 3. The molecule has 0 aliphatic rings. The zero-order valence-corrected chi connectivity index (χ0v) is 18.5. The molecule has 3 aromatic rings. The van der Waals surface area contributed by atoms with Crippen molar-refractivity contribution in [3.05, 3.63) is 101 Å². The van der Waals surface area contributed by atoms with Crippen LogP contribution in [0.3, 0.4) is 0 Å². The summed E-state index contributed by atoms with van der Waals surface area (Å²) in [4.78, 5) is 12.7. The van der Waals surface area contributed by atoms with Gasteiger partial charge in [0, 0.05) is 13.1 Å². The van der Waals surface area contributed by atoms with Crippen LogP contribution < -0.4 is 15.4 Å². The Balaban J connectivity index is 1.86. The molecule has 0 fully saturated rings. The number of ether oxygens (including phenoxy) is 1. The van der Waals surface area contributed by atoms with Crippen molar-refractivity contribution in [2.75, 3.05) is 14.2 Å². The Hall–Kier alpha value is -3.32. The van der Waals surface area contributed by atoms with E-state index in [4.69, 9.17) is 4.74 Å². The van der Waals surface area contributed by atoms with Gasteiger partial charge in [-0.2, -0.15) is 13.2 Å². The minimum absolute atomic E-state index is 0.177. The molecule has 0 aromatic heterocycles. The monoisotopic (exact) mass is 456 g/mol. The molecule has 33 heavy (non-hydrogen) atoms. The number of methoxy groups -OCH3 is 1. The van der Waals surface area contributed by atoms with E-state index in [-0.39, 0.29) is 11.9 Å². The van der Waals surface area contributed by atoms with Crippen LogP contribution >= 0.6 is 0 Å². The number of likely N-dealkylation sites (N-methyl/N-ethyl adjacent to an activating group) is 1. The number of carbonyl (C=O) groups excluding carboxylic acids is 1. The number of alkyl halides is 3. The Bertz CT molecular complexity index is 1040. The Kier molecular flexibility index (Phi) is 8.11. The number of rotatable bonds is 9. The molecule has 7 heteroatoms. The SMILES string of the molecule is CNC(=O)C(NC(CCc1ccc(C(F)(F)F)cc1)c1cccc(OC)c1)c1ccccc1. The predicted molar refractivity (Wildman–Crippen MR) is 122 cm³/mol. The predicted octanol–water partition coefficient (Wildman–Crippen LogP) is 5.46. The van der Waals surface area contributed by atoms with E-state index in [1.54, 1.807) is 14.2 Å². The lowest BCUT2D eigenvalue weighted by Crippen LogP contribution is -2.38. The van der Waals surface area contributed by atoms with Gasteiger partial charge in [0.05, 0.1) is 12.7 Å². The molecule has 2 atom stereocenters. The third-order valence-electron chi connectivity index (χ3n) is 5.51. The van der Waals surface area contributed by atoms with Gasteiger partial charge < -0.3 is 10.1 Å². The van der Waals surface area contributed by atoms with Crippen molar-refractivity contribution in [2.45, 2.75) is 31.1 Å². The van der Waals surface area contributed by atoms with Crippen LogP contribution in [0.5, 0.6) is 5.75 Å². The second-order valence-corrected chi connectivity index (χ2v) is 7.69. The van der Waals surface area contributed by atoms with Gasteiger partial charge >= 0.3 is 6.18 Å². The summed E-state index contributed by atoms with van der Waals surface area (Å²) in [7, 11) is 3.17. The summed E-state index contributed by atoms with van der Waals surface area (Å²) >= 11 is 0. The minimum atomic E-state index is -4.36. The van der Waals surface area contributed by atoms with Crippen LogP contribution in [-0.2, 0) is 17.4 Å². The van der Waals surface area contributed by atoms with Crippen LogP contribution in [0.15, 0.2) is 78.9 Å². The molecule has 0 heterocycles. The van der Waals surface area contributed by atoms with Gasteiger partial charge in [-0.25, -0.2) is 0 Å². The molecule has 2 unspecified atom stereocenters. The van der Waals surface area contributed by atoms with Crippen LogP contribution in [0.2, 0.25) is 0 Å². The standard InChI is InChI=1S/C26H27F3N2O2/c1-30-25(32)24(19-7-4-3-5-8-19)31-23(20-9-6-10-22(17-20)33-2)16-13-18-11-14-21(15-12-18)26(27,28)29/h3-12,14-15,17,23-24,31H,13,16H2,1-2H3,(H,30,32). The van der Waals surface area contributed by atoms with Crippen LogP contribution in [-0.4, -0.2) is 20.1 Å². The molecule has 0 saturated heterocycles. The lowest BCUT2D eigenvalue weighted by Gasteiger charge is -2.26. The number of hydrogen-bond donors (Lipinski definition) is 2. The number of hydrogen-bond acceptors (Lipinski definition) is 3. The molecule has 0 bridgehead atoms. The first-order chi connectivity index (χ1) is 15.8. The van der Waals surface area contributed by atoms with Crippen molar-refractivity contribution < 1.29 is 22.7 Å². The first-order valence-electron chi connectivity index (χ1n) is 10.6. The minimum Gasteiger partial charge on any atom is -0.497 e. The van der Waals surface area contributed by atoms with Crippen molar-refractivity contribution >= 4 is 5.91 Å². The number of aryl methyl sites for hydroxylation is 1. The highest BCUT2D eigenvalue weighted by atomic mass is 19.4. The fourth-order valence-electron chi connectivity index (χ4n) is 3.69. The number of nitrogens with one attached hydrogen (secondary N) is 2. The van der Waals surface area contributed by atoms with E-state index in [2.05, 4.69) is 10.6 Å². The second-order valence-electron chi connectivity index (χ2n) is 7.69. The highest BCUT2D eigenvalue weighted by Crippen LogP contribution is 2.30. The molecule has 174 valence electrons. The average molecular weight is 457 g/mol. The van der Waals surface area contributed by atoms with Gasteiger partial charge in [-0.05, 0) is 53.8 Å². The van der Waals surface area contributed by atoms with Crippen LogP contribution in [0, 0.1) is 0 Å². The summed E-state index contributed by atoms with van der Waals surface area (Å²) in [6.07, 6.45) is -3.26. The molecular formula is C26H27F3N2O2. The first kappa shape index (κ1) is 24.3. The topological polar surface area (TPSA) is 50.4 Å². The van der Waals surface area contributed by atoms with Crippen molar-refractivity contribution in [1.82, 2.24) is 10.6 Å². The van der Waals surface area contributed by atoms with E-state index in [0.29, 0.717) is 18.6 Å². The zero-order valence-electron chi connectivity index (χ0n) is 18.5. The van der Waals surface area contributed by atoms with E-state index in [0.717, 1.165) is 28.8 Å². The molecule has 2 N–H and O–H groups in total. The van der Waals surface area contributed by atoms with Crippen molar-refractivity contribution in [3.63, 3.8) is 0 Å². The van der Waals surface area contributed by atoms with Crippen molar-refractivity contribution in [2.24, 2.45) is 0 Å². The summed E-state index contributed by atoms with van der Waals surface area (Å²) in [5.74, 6) is 0.508. The third-order valence-corrected chi connectivity index (χ3v) is 5.51. The number of halogens is 3. The summed E-state index contributed by atoms with van der Waals surface area (Å²) in [6.45, 7) is 0. The van der Waals surface area contributed by atoms with Gasteiger partial charge in [0.1, 0.15) is 11.8 Å². The molecule has 4 nitrogen and oxygen atoms in total. The Morgan fingerprint density at radius 3 is 2.21 bits per heavy atom. The van der Waals surface area contributed by atoms with Gasteiger partial charge in [0.2, 0.25) is 5.91 Å². The Labute approximate surface area is 191 Å². The average Bonchev–Trinajstić information content (AvgIpc) is 2.84. The van der Waals surface area contributed by atoms with Gasteiger partial charge in [-0.3, -0.25) is 10.1 Å². The lowest BCUT2D eigenvalue weighted by atomic mass is 9.96. The van der Waals surface area contributed by atoms with Gasteiger partial charge in [0.15, 0.2) is 0 Å². The molecule has 0 radical (unpaired) electrons. The van der Waals surface area contributed by atoms with Crippen molar-refractivity contribution in [3.8, 4) is 5.75 Å². The summed E-state index contributed by atoms with van der Waals surface area (Å²) in [6, 6.07) is 21.3. The van der Waals surface area contributed by atoms with Gasteiger partial charge in [0.25, 0.3) is 0 Å². The van der Waals surface area contributed by atoms with Crippen LogP contribution in [0.25, 0.3) is 0 Å². The van der Waals surface area contributed by atoms with Crippen LogP contribution in [0.4, 0.5) is 13.2 Å². The van der Waals surface area contributed by atoms with E-state index in [9.17, 15) is 18.0 Å². The molecule has 0 aliphatic carbocycles. The largest absolute Gasteiger partial charge is 0.497 e. The maximum atomic E-state index is 12.9. The number of carbonyl (C=O) groups is 1. The molecule has 1 amide bonds. The van der Waals surface area contributed by atoms with E-state index >= 15 is 0 Å². The Morgan fingerprint density at radius 2 is 1.61 bits per heavy atom. The molecular weight excluding hydrogens is 429 g/mol. The first-order valence-corrected chi connectivity index (χ1v) is 10.6. The van der Waals surface area contributed by atoms with Crippen LogP contribution in [0.1, 0.15) is 40.8 Å². The van der Waals surface area contributed by atoms with Gasteiger partial charge in [-0.15, -0.1) is 0 Å². The van der Waals surface area contributed by atoms with E-state index < -0.39 is 17.8 Å². The van der Waals surface area contributed by atoms with E-state index in [1.165, 1.54) is 12.1 Å². The summed E-state index contributed by atoms with van der Waals surface area (Å²) < 4.78 is 44.0. The highest BCUT2D eigenvalue weighted by Gasteiger charge is 2.30. The summed E-state index contributed by atoms with van der Waals surface area (Å²) in [5.41, 5.74) is 1.86. The normalized spacial score (nSPS) is 13.2. The zero-order chi connectivity index (χ0) is 23.8. The quantitative estimate of drug-likeness (QED) is 0.449. The molecule has 0 aliphatic heterocycles.